The van der Waals surface area contributed by atoms with Crippen molar-refractivity contribution >= 4 is 0 Å². The van der Waals surface area contributed by atoms with E-state index in [0.717, 1.165) is 32.3 Å². The molecular weight excluding hydrogens is 224 g/mol. The fraction of sp³-hybridized carbons (Fsp3) is 1.00. The molecule has 2 nitrogen and oxygen atoms in total. The Hall–Kier alpha value is -0.0800. The van der Waals surface area contributed by atoms with Crippen molar-refractivity contribution in [1.82, 2.24) is 0 Å². The van der Waals surface area contributed by atoms with Gasteiger partial charge in [0.05, 0.1) is 0 Å². The van der Waals surface area contributed by atoms with Crippen LogP contribution in [0.4, 0.5) is 0 Å². The molecule has 1 heterocycles. The summed E-state index contributed by atoms with van der Waals surface area (Å²) in [6.07, 6.45) is 13.3. The van der Waals surface area contributed by atoms with Crippen molar-refractivity contribution in [2.24, 2.45) is 5.92 Å². The molecule has 0 N–H and O–H groups in total. The summed E-state index contributed by atoms with van der Waals surface area (Å²) in [5, 5.41) is 0. The van der Waals surface area contributed by atoms with Gasteiger partial charge in [-0.25, -0.2) is 0 Å². The molecule has 2 heteroatoms. The zero-order valence-corrected chi connectivity index (χ0v) is 12.3. The van der Waals surface area contributed by atoms with E-state index in [-0.39, 0.29) is 0 Å². The van der Waals surface area contributed by atoms with Gasteiger partial charge in [0.2, 0.25) is 0 Å². The zero-order chi connectivity index (χ0) is 12.9. The first kappa shape index (κ1) is 16.0. The molecule has 18 heavy (non-hydrogen) atoms. The first-order valence-electron chi connectivity index (χ1n) is 8.09. The maximum atomic E-state index is 5.72. The first-order valence-corrected chi connectivity index (χ1v) is 8.09. The van der Waals surface area contributed by atoms with E-state index < -0.39 is 0 Å². The van der Waals surface area contributed by atoms with E-state index in [1.165, 1.54) is 64.2 Å². The van der Waals surface area contributed by atoms with Gasteiger partial charge >= 0.3 is 0 Å². The topological polar surface area (TPSA) is 18.5 Å². The van der Waals surface area contributed by atoms with Crippen LogP contribution in [-0.4, -0.2) is 26.4 Å². The Morgan fingerprint density at radius 3 is 2.28 bits per heavy atom. The summed E-state index contributed by atoms with van der Waals surface area (Å²) in [6, 6.07) is 0. The molecule has 0 amide bonds. The molecule has 1 aliphatic heterocycles. The number of hydrogen-bond donors (Lipinski definition) is 0. The second-order valence-corrected chi connectivity index (χ2v) is 5.58. The van der Waals surface area contributed by atoms with Crippen molar-refractivity contribution in [3.05, 3.63) is 0 Å². The molecule has 0 aliphatic carbocycles. The summed E-state index contributed by atoms with van der Waals surface area (Å²) >= 11 is 0. The van der Waals surface area contributed by atoms with E-state index in [1.807, 2.05) is 0 Å². The Balaban J connectivity index is 1.73. The Labute approximate surface area is 113 Å². The lowest BCUT2D eigenvalue weighted by atomic mass is 9.97. The minimum Gasteiger partial charge on any atom is -0.381 e. The van der Waals surface area contributed by atoms with Gasteiger partial charge in [0.1, 0.15) is 0 Å². The molecule has 1 rings (SSSR count). The molecule has 0 bridgehead atoms. The Kier molecular flexibility index (Phi) is 10.6. The van der Waals surface area contributed by atoms with Crippen LogP contribution in [0.15, 0.2) is 0 Å². The summed E-state index contributed by atoms with van der Waals surface area (Å²) in [6.45, 7) is 6.12. The fourth-order valence-electron chi connectivity index (χ4n) is 2.55. The van der Waals surface area contributed by atoms with Crippen LogP contribution >= 0.6 is 0 Å². The molecule has 0 spiro atoms. The number of ether oxygens (including phenoxy) is 2. The molecule has 0 radical (unpaired) electrons. The predicted molar refractivity (Wildman–Crippen MR) is 77.0 cm³/mol. The smallest absolute Gasteiger partial charge is 0.0468 e. The van der Waals surface area contributed by atoms with E-state index in [0.29, 0.717) is 0 Å². The van der Waals surface area contributed by atoms with Crippen LogP contribution in [0.25, 0.3) is 0 Å². The normalized spacial score (nSPS) is 17.2. The van der Waals surface area contributed by atoms with Gasteiger partial charge in [0, 0.05) is 26.4 Å². The van der Waals surface area contributed by atoms with Gasteiger partial charge in [-0.15, -0.1) is 0 Å². The third-order valence-electron chi connectivity index (χ3n) is 3.90. The quantitative estimate of drug-likeness (QED) is 0.504. The molecule has 0 saturated carbocycles. The van der Waals surface area contributed by atoms with Crippen LogP contribution in [0.2, 0.25) is 0 Å². The molecule has 0 aromatic heterocycles. The minimum absolute atomic E-state index is 0.854. The van der Waals surface area contributed by atoms with Gasteiger partial charge in [0.25, 0.3) is 0 Å². The highest BCUT2D eigenvalue weighted by molar-refractivity contribution is 4.62. The molecular formula is C16H32O2. The number of rotatable bonds is 11. The second kappa shape index (κ2) is 12.0. The van der Waals surface area contributed by atoms with E-state index in [4.69, 9.17) is 9.47 Å². The number of unbranched alkanes of at least 4 members (excludes halogenated alkanes) is 6. The lowest BCUT2D eigenvalue weighted by molar-refractivity contribution is 0.0469. The Morgan fingerprint density at radius 2 is 1.56 bits per heavy atom. The van der Waals surface area contributed by atoms with Crippen molar-refractivity contribution < 1.29 is 9.47 Å². The minimum atomic E-state index is 0.854. The van der Waals surface area contributed by atoms with E-state index >= 15 is 0 Å². The standard InChI is InChI=1S/C16H32O2/c1-2-3-4-5-6-7-8-12-17-13-9-16-10-14-18-15-11-16/h16H,2-15H2,1H3. The largest absolute Gasteiger partial charge is 0.381 e. The maximum Gasteiger partial charge on any atom is 0.0468 e. The van der Waals surface area contributed by atoms with Crippen molar-refractivity contribution in [2.75, 3.05) is 26.4 Å². The Morgan fingerprint density at radius 1 is 0.889 bits per heavy atom. The molecule has 0 atom stereocenters. The van der Waals surface area contributed by atoms with Gasteiger partial charge in [-0.3, -0.25) is 0 Å². The molecule has 108 valence electrons. The summed E-state index contributed by atoms with van der Waals surface area (Å²) in [5.41, 5.74) is 0. The molecule has 1 fully saturated rings. The predicted octanol–water partition coefficient (Wildman–Crippen LogP) is 4.57. The van der Waals surface area contributed by atoms with Crippen molar-refractivity contribution in [3.8, 4) is 0 Å². The third kappa shape index (κ3) is 8.93. The lowest BCUT2D eigenvalue weighted by Gasteiger charge is -2.21. The second-order valence-electron chi connectivity index (χ2n) is 5.58. The third-order valence-corrected chi connectivity index (χ3v) is 3.90. The maximum absolute atomic E-state index is 5.72. The molecule has 0 unspecified atom stereocenters. The highest BCUT2D eigenvalue weighted by Gasteiger charge is 2.12. The first-order chi connectivity index (χ1) is 8.93. The highest BCUT2D eigenvalue weighted by atomic mass is 16.5. The summed E-state index contributed by atoms with van der Waals surface area (Å²) in [4.78, 5) is 0. The van der Waals surface area contributed by atoms with Crippen molar-refractivity contribution in [1.29, 1.82) is 0 Å². The molecule has 1 aliphatic rings. The van der Waals surface area contributed by atoms with Gasteiger partial charge < -0.3 is 9.47 Å². The lowest BCUT2D eigenvalue weighted by Crippen LogP contribution is -2.17. The molecule has 0 aromatic carbocycles. The Bertz CT molecular complexity index is 164. The fourth-order valence-corrected chi connectivity index (χ4v) is 2.55. The average Bonchev–Trinajstić information content (AvgIpc) is 2.42. The van der Waals surface area contributed by atoms with Crippen LogP contribution in [0.3, 0.4) is 0 Å². The van der Waals surface area contributed by atoms with Gasteiger partial charge in [-0.1, -0.05) is 45.4 Å². The van der Waals surface area contributed by atoms with Gasteiger partial charge in [0.15, 0.2) is 0 Å². The van der Waals surface area contributed by atoms with E-state index in [9.17, 15) is 0 Å². The molecule has 0 aromatic rings. The van der Waals surface area contributed by atoms with Crippen molar-refractivity contribution in [3.63, 3.8) is 0 Å². The summed E-state index contributed by atoms with van der Waals surface area (Å²) in [5.74, 6) is 0.854. The highest BCUT2D eigenvalue weighted by Crippen LogP contribution is 2.18. The molecule has 1 saturated heterocycles. The SMILES string of the molecule is CCCCCCCCCOCCC1CCOCC1. The van der Waals surface area contributed by atoms with Crippen LogP contribution in [0.1, 0.15) is 71.1 Å². The monoisotopic (exact) mass is 256 g/mol. The summed E-state index contributed by atoms with van der Waals surface area (Å²) < 4.78 is 11.1. The van der Waals surface area contributed by atoms with Crippen LogP contribution in [0.5, 0.6) is 0 Å². The van der Waals surface area contributed by atoms with Gasteiger partial charge in [-0.05, 0) is 31.6 Å². The average molecular weight is 256 g/mol. The van der Waals surface area contributed by atoms with Crippen molar-refractivity contribution in [2.45, 2.75) is 71.1 Å². The summed E-state index contributed by atoms with van der Waals surface area (Å²) in [7, 11) is 0. The van der Waals surface area contributed by atoms with Crippen LogP contribution < -0.4 is 0 Å². The van der Waals surface area contributed by atoms with E-state index in [2.05, 4.69) is 6.92 Å². The number of hydrogen-bond acceptors (Lipinski definition) is 2. The van der Waals surface area contributed by atoms with Crippen LogP contribution in [-0.2, 0) is 9.47 Å². The van der Waals surface area contributed by atoms with Crippen LogP contribution in [0, 0.1) is 5.92 Å². The van der Waals surface area contributed by atoms with Gasteiger partial charge in [-0.2, -0.15) is 0 Å². The van der Waals surface area contributed by atoms with E-state index in [1.54, 1.807) is 0 Å². The zero-order valence-electron chi connectivity index (χ0n) is 12.3.